The van der Waals surface area contributed by atoms with E-state index in [-0.39, 0.29) is 11.8 Å². The van der Waals surface area contributed by atoms with Crippen molar-refractivity contribution in [2.45, 2.75) is 0 Å². The third kappa shape index (κ3) is 4.83. The second kappa shape index (κ2) is 7.97. The third-order valence-corrected chi connectivity index (χ3v) is 3.33. The molecule has 0 spiro atoms. The molecule has 0 unspecified atom stereocenters. The van der Waals surface area contributed by atoms with Crippen LogP contribution >= 0.6 is 11.6 Å². The molecule has 0 aromatic heterocycles. The Kier molecular flexibility index (Phi) is 5.73. The van der Waals surface area contributed by atoms with E-state index in [0.717, 1.165) is 0 Å². The minimum Gasteiger partial charge on any atom is -0.350 e. The van der Waals surface area contributed by atoms with Gasteiger partial charge in [-0.2, -0.15) is 5.26 Å². The van der Waals surface area contributed by atoms with Crippen molar-refractivity contribution in [1.29, 1.82) is 5.26 Å². The predicted octanol–water partition coefficient (Wildman–Crippen LogP) is 2.37. The van der Waals surface area contributed by atoms with E-state index in [1.54, 1.807) is 48.5 Å². The summed E-state index contributed by atoms with van der Waals surface area (Å²) in [5.74, 6) is -0.482. The van der Waals surface area contributed by atoms with Gasteiger partial charge in [-0.1, -0.05) is 11.6 Å². The molecule has 0 heterocycles. The number of carbonyl (C=O) groups excluding carboxylic acids is 2. The number of nitriles is 1. The average Bonchev–Trinajstić information content (AvgIpc) is 2.59. The first-order valence-corrected chi connectivity index (χ1v) is 7.30. The van der Waals surface area contributed by atoms with Crippen molar-refractivity contribution >= 4 is 23.4 Å². The maximum absolute atomic E-state index is 11.9. The molecule has 0 saturated heterocycles. The fourth-order valence-corrected chi connectivity index (χ4v) is 1.98. The summed E-state index contributed by atoms with van der Waals surface area (Å²) in [5, 5.41) is 14.7. The molecule has 2 aromatic carbocycles. The third-order valence-electron chi connectivity index (χ3n) is 3.08. The maximum atomic E-state index is 11.9. The highest BCUT2D eigenvalue weighted by molar-refractivity contribution is 6.30. The molecule has 2 N–H and O–H groups in total. The van der Waals surface area contributed by atoms with Gasteiger partial charge in [-0.05, 0) is 48.5 Å². The van der Waals surface area contributed by atoms with Gasteiger partial charge in [0.25, 0.3) is 11.8 Å². The summed E-state index contributed by atoms with van der Waals surface area (Å²) in [7, 11) is 0. The quantitative estimate of drug-likeness (QED) is 0.827. The van der Waals surface area contributed by atoms with Crippen LogP contribution < -0.4 is 10.6 Å². The molecule has 2 aromatic rings. The van der Waals surface area contributed by atoms with Crippen molar-refractivity contribution < 1.29 is 9.59 Å². The molecule has 23 heavy (non-hydrogen) atoms. The van der Waals surface area contributed by atoms with Gasteiger partial charge in [0.05, 0.1) is 11.6 Å². The minimum absolute atomic E-state index is 0.228. The van der Waals surface area contributed by atoms with Crippen LogP contribution in [-0.2, 0) is 0 Å². The van der Waals surface area contributed by atoms with E-state index in [2.05, 4.69) is 10.6 Å². The number of amides is 2. The predicted molar refractivity (Wildman–Crippen MR) is 87.3 cm³/mol. The first kappa shape index (κ1) is 16.5. The Morgan fingerprint density at radius 2 is 1.30 bits per heavy atom. The zero-order valence-corrected chi connectivity index (χ0v) is 12.9. The van der Waals surface area contributed by atoms with Crippen molar-refractivity contribution in [2.75, 3.05) is 13.1 Å². The van der Waals surface area contributed by atoms with Crippen molar-refractivity contribution in [3.63, 3.8) is 0 Å². The molecule has 0 aliphatic rings. The summed E-state index contributed by atoms with van der Waals surface area (Å²) >= 11 is 5.76. The normalized spacial score (nSPS) is 9.74. The lowest BCUT2D eigenvalue weighted by Gasteiger charge is -2.07. The van der Waals surface area contributed by atoms with E-state index in [9.17, 15) is 9.59 Å². The largest absolute Gasteiger partial charge is 0.350 e. The zero-order chi connectivity index (χ0) is 16.7. The van der Waals surface area contributed by atoms with Gasteiger partial charge in [-0.15, -0.1) is 0 Å². The molecule has 116 valence electrons. The van der Waals surface area contributed by atoms with E-state index < -0.39 is 0 Å². The van der Waals surface area contributed by atoms with Gasteiger partial charge in [0.15, 0.2) is 0 Å². The van der Waals surface area contributed by atoms with Gasteiger partial charge >= 0.3 is 0 Å². The number of carbonyl (C=O) groups is 2. The van der Waals surface area contributed by atoms with Gasteiger partial charge in [0.1, 0.15) is 0 Å². The Hall–Kier alpha value is -2.84. The standard InChI is InChI=1S/C17H14ClN3O2/c18-15-7-5-14(6-8-15)17(23)21-10-9-20-16(22)13-3-1-12(11-19)2-4-13/h1-8H,9-10H2,(H,20,22)(H,21,23). The van der Waals surface area contributed by atoms with E-state index in [4.69, 9.17) is 16.9 Å². The maximum Gasteiger partial charge on any atom is 0.251 e. The monoisotopic (exact) mass is 327 g/mol. The van der Waals surface area contributed by atoms with Crippen molar-refractivity contribution in [1.82, 2.24) is 10.6 Å². The topological polar surface area (TPSA) is 82.0 Å². The molecule has 0 aliphatic heterocycles. The van der Waals surface area contributed by atoms with Crippen LogP contribution in [0.15, 0.2) is 48.5 Å². The summed E-state index contributed by atoms with van der Waals surface area (Å²) < 4.78 is 0. The van der Waals surface area contributed by atoms with Crippen LogP contribution in [0.4, 0.5) is 0 Å². The molecule has 0 saturated carbocycles. The summed E-state index contributed by atoms with van der Waals surface area (Å²) in [6.45, 7) is 0.613. The Bertz CT molecular complexity index is 734. The summed E-state index contributed by atoms with van der Waals surface area (Å²) in [6, 6.07) is 14.9. The van der Waals surface area contributed by atoms with Crippen LogP contribution in [0, 0.1) is 11.3 Å². The van der Waals surface area contributed by atoms with Crippen LogP contribution in [0.5, 0.6) is 0 Å². The van der Waals surface area contributed by atoms with Crippen molar-refractivity contribution in [2.24, 2.45) is 0 Å². The lowest BCUT2D eigenvalue weighted by Crippen LogP contribution is -2.34. The number of nitrogens with one attached hydrogen (secondary N) is 2. The molecule has 2 amide bonds. The average molecular weight is 328 g/mol. The van der Waals surface area contributed by atoms with E-state index in [1.807, 2.05) is 6.07 Å². The second-order valence-electron chi connectivity index (χ2n) is 4.71. The highest BCUT2D eigenvalue weighted by Gasteiger charge is 2.06. The number of hydrogen-bond acceptors (Lipinski definition) is 3. The molecule has 0 bridgehead atoms. The molecule has 0 atom stereocenters. The van der Waals surface area contributed by atoms with E-state index in [0.29, 0.717) is 34.8 Å². The lowest BCUT2D eigenvalue weighted by molar-refractivity contribution is 0.0927. The number of halogens is 1. The molecule has 6 heteroatoms. The number of benzene rings is 2. The zero-order valence-electron chi connectivity index (χ0n) is 12.2. The number of hydrogen-bond donors (Lipinski definition) is 2. The van der Waals surface area contributed by atoms with E-state index >= 15 is 0 Å². The van der Waals surface area contributed by atoms with Crippen molar-refractivity contribution in [3.8, 4) is 6.07 Å². The number of nitrogens with zero attached hydrogens (tertiary/aromatic N) is 1. The van der Waals surface area contributed by atoms with Crippen LogP contribution in [-0.4, -0.2) is 24.9 Å². The fraction of sp³-hybridized carbons (Fsp3) is 0.118. The fourth-order valence-electron chi connectivity index (χ4n) is 1.85. The molecule has 0 radical (unpaired) electrons. The first-order chi connectivity index (χ1) is 11.1. The molecular formula is C17H14ClN3O2. The molecule has 0 fully saturated rings. The number of rotatable bonds is 5. The highest BCUT2D eigenvalue weighted by atomic mass is 35.5. The molecule has 0 aliphatic carbocycles. The van der Waals surface area contributed by atoms with E-state index in [1.165, 1.54) is 0 Å². The second-order valence-corrected chi connectivity index (χ2v) is 5.14. The molecule has 2 rings (SSSR count). The van der Waals surface area contributed by atoms with Gasteiger partial charge in [-0.25, -0.2) is 0 Å². The van der Waals surface area contributed by atoms with Gasteiger partial charge in [-0.3, -0.25) is 9.59 Å². The Labute approximate surface area is 138 Å². The summed E-state index contributed by atoms with van der Waals surface area (Å²) in [6.07, 6.45) is 0. The first-order valence-electron chi connectivity index (χ1n) is 6.92. The smallest absolute Gasteiger partial charge is 0.251 e. The SMILES string of the molecule is N#Cc1ccc(C(=O)NCCNC(=O)c2ccc(Cl)cc2)cc1. The summed E-state index contributed by atoms with van der Waals surface area (Å²) in [4.78, 5) is 23.7. The van der Waals surface area contributed by atoms with Crippen LogP contribution in [0.3, 0.4) is 0 Å². The van der Waals surface area contributed by atoms with Crippen LogP contribution in [0.25, 0.3) is 0 Å². The Morgan fingerprint density at radius 1 is 0.870 bits per heavy atom. The Morgan fingerprint density at radius 3 is 1.74 bits per heavy atom. The summed E-state index contributed by atoms with van der Waals surface area (Å²) in [5.41, 5.74) is 1.47. The van der Waals surface area contributed by atoms with Crippen LogP contribution in [0.1, 0.15) is 26.3 Å². The molecular weight excluding hydrogens is 314 g/mol. The minimum atomic E-state index is -0.254. The van der Waals surface area contributed by atoms with Gasteiger partial charge < -0.3 is 10.6 Å². The van der Waals surface area contributed by atoms with Gasteiger partial charge in [0, 0.05) is 29.2 Å². The highest BCUT2D eigenvalue weighted by Crippen LogP contribution is 2.09. The Balaban J connectivity index is 1.76. The molecule has 5 nitrogen and oxygen atoms in total. The lowest BCUT2D eigenvalue weighted by atomic mass is 10.1. The van der Waals surface area contributed by atoms with Crippen LogP contribution in [0.2, 0.25) is 5.02 Å². The van der Waals surface area contributed by atoms with Crippen molar-refractivity contribution in [3.05, 3.63) is 70.2 Å². The van der Waals surface area contributed by atoms with Gasteiger partial charge in [0.2, 0.25) is 0 Å².